The molecule has 1 amide bonds. The molecule has 2 heterocycles. The van der Waals surface area contributed by atoms with E-state index in [1.165, 1.54) is 4.57 Å². The van der Waals surface area contributed by atoms with E-state index in [0.717, 1.165) is 11.3 Å². The Labute approximate surface area is 204 Å². The van der Waals surface area contributed by atoms with Crippen molar-refractivity contribution in [3.63, 3.8) is 0 Å². The molecule has 11 heteroatoms. The zero-order chi connectivity index (χ0) is 24.9. The van der Waals surface area contributed by atoms with Crippen LogP contribution in [0, 0.1) is 6.92 Å². The number of amides is 1. The number of ether oxygens (including phenoxy) is 1. The summed E-state index contributed by atoms with van der Waals surface area (Å²) in [7, 11) is 0. The average Bonchev–Trinajstić information content (AvgIpc) is 2.81. The summed E-state index contributed by atoms with van der Waals surface area (Å²) in [6.45, 7) is 1.37. The number of carbonyl (C=O) groups is 1. The van der Waals surface area contributed by atoms with Gasteiger partial charge in [-0.1, -0.05) is 23.7 Å². The Hall–Kier alpha value is -4.44. The summed E-state index contributed by atoms with van der Waals surface area (Å²) >= 11 is 5.96. The molecule has 3 N–H and O–H groups in total. The molecule has 0 radical (unpaired) electrons. The van der Waals surface area contributed by atoms with Gasteiger partial charge in [-0.05, 0) is 55.0 Å². The first-order valence-corrected chi connectivity index (χ1v) is 10.9. The number of anilines is 2. The van der Waals surface area contributed by atoms with Crippen molar-refractivity contribution in [2.75, 3.05) is 5.32 Å². The second kappa shape index (κ2) is 10.2. The molecular weight excluding hydrogens is 472 g/mol. The van der Waals surface area contributed by atoms with Crippen molar-refractivity contribution in [1.29, 1.82) is 0 Å². The van der Waals surface area contributed by atoms with Gasteiger partial charge in [-0.3, -0.25) is 14.3 Å². The Kier molecular flexibility index (Phi) is 6.93. The molecule has 2 aromatic heterocycles. The lowest BCUT2D eigenvalue weighted by molar-refractivity contribution is -0.118. The van der Waals surface area contributed by atoms with Crippen molar-refractivity contribution < 1.29 is 9.53 Å². The Morgan fingerprint density at radius 2 is 1.74 bits per heavy atom. The van der Waals surface area contributed by atoms with Gasteiger partial charge in [0.1, 0.15) is 18.0 Å². The Morgan fingerprint density at radius 3 is 2.40 bits per heavy atom. The standard InChI is InChI=1S/C24H21ClN6O4/c1-15-12-20(10-11-27-15)35-19-8-6-18(7-9-19)28-22-29-23(33)31(14-21(26)32)24(34)30(22)13-16-2-4-17(25)5-3-16/h2-12H,13-14H2,1H3,(H2,26,32)(H,28,29,33). The molecule has 178 valence electrons. The van der Waals surface area contributed by atoms with Crippen molar-refractivity contribution in [3.05, 3.63) is 104 Å². The number of benzene rings is 2. The van der Waals surface area contributed by atoms with Gasteiger partial charge in [0.15, 0.2) is 0 Å². The summed E-state index contributed by atoms with van der Waals surface area (Å²) in [5.74, 6) is 0.415. The molecule has 2 aromatic carbocycles. The van der Waals surface area contributed by atoms with Crippen LogP contribution in [0.5, 0.6) is 11.5 Å². The molecule has 4 aromatic rings. The number of primary amides is 1. The van der Waals surface area contributed by atoms with Gasteiger partial charge < -0.3 is 15.8 Å². The normalized spacial score (nSPS) is 10.7. The molecule has 0 aliphatic heterocycles. The largest absolute Gasteiger partial charge is 0.457 e. The second-order valence-corrected chi connectivity index (χ2v) is 8.09. The Balaban J connectivity index is 1.65. The highest BCUT2D eigenvalue weighted by atomic mass is 35.5. The first kappa shape index (κ1) is 23.7. The summed E-state index contributed by atoms with van der Waals surface area (Å²) in [4.78, 5) is 45.0. The van der Waals surface area contributed by atoms with Crippen LogP contribution in [0.25, 0.3) is 0 Å². The van der Waals surface area contributed by atoms with E-state index in [0.29, 0.717) is 26.8 Å². The molecule has 0 aliphatic rings. The fourth-order valence-corrected chi connectivity index (χ4v) is 3.41. The second-order valence-electron chi connectivity index (χ2n) is 7.65. The Bertz CT molecular complexity index is 1480. The van der Waals surface area contributed by atoms with Gasteiger partial charge in [0.2, 0.25) is 11.9 Å². The maximum atomic E-state index is 13.1. The van der Waals surface area contributed by atoms with Crippen molar-refractivity contribution in [2.24, 2.45) is 5.73 Å². The van der Waals surface area contributed by atoms with E-state index in [-0.39, 0.29) is 12.5 Å². The summed E-state index contributed by atoms with van der Waals surface area (Å²) in [5.41, 5.74) is 5.71. The molecule has 0 saturated heterocycles. The molecule has 4 rings (SSSR count). The van der Waals surface area contributed by atoms with Crippen LogP contribution in [-0.4, -0.2) is 25.0 Å². The van der Waals surface area contributed by atoms with Crippen molar-refractivity contribution in [2.45, 2.75) is 20.0 Å². The van der Waals surface area contributed by atoms with Crippen LogP contribution < -0.4 is 27.2 Å². The highest BCUT2D eigenvalue weighted by molar-refractivity contribution is 6.30. The first-order chi connectivity index (χ1) is 16.8. The monoisotopic (exact) mass is 492 g/mol. The number of hydrogen-bond acceptors (Lipinski definition) is 7. The number of rotatable bonds is 8. The van der Waals surface area contributed by atoms with Crippen LogP contribution in [0.1, 0.15) is 11.3 Å². The van der Waals surface area contributed by atoms with E-state index in [9.17, 15) is 14.4 Å². The molecule has 0 bridgehead atoms. The minimum absolute atomic E-state index is 0.00842. The predicted octanol–water partition coefficient (Wildman–Crippen LogP) is 2.83. The number of hydrogen-bond donors (Lipinski definition) is 2. The van der Waals surface area contributed by atoms with Crippen molar-refractivity contribution in [1.82, 2.24) is 19.1 Å². The molecule has 35 heavy (non-hydrogen) atoms. The third kappa shape index (κ3) is 5.92. The zero-order valence-corrected chi connectivity index (χ0v) is 19.4. The fourth-order valence-electron chi connectivity index (χ4n) is 3.29. The summed E-state index contributed by atoms with van der Waals surface area (Å²) in [5, 5.41) is 3.54. The number of aryl methyl sites for hydroxylation is 1. The van der Waals surface area contributed by atoms with Gasteiger partial charge in [-0.25, -0.2) is 14.2 Å². The van der Waals surface area contributed by atoms with Gasteiger partial charge in [0.25, 0.3) is 0 Å². The lowest BCUT2D eigenvalue weighted by atomic mass is 10.2. The fraction of sp³-hybridized carbons (Fsp3) is 0.125. The number of aromatic nitrogens is 4. The van der Waals surface area contributed by atoms with E-state index in [1.54, 1.807) is 60.8 Å². The van der Waals surface area contributed by atoms with Gasteiger partial charge in [0.05, 0.1) is 6.54 Å². The number of nitrogens with zero attached hydrogens (tertiary/aromatic N) is 4. The lowest BCUT2D eigenvalue weighted by Gasteiger charge is -2.15. The van der Waals surface area contributed by atoms with E-state index >= 15 is 0 Å². The number of halogens is 1. The van der Waals surface area contributed by atoms with E-state index in [4.69, 9.17) is 22.1 Å². The molecule has 0 spiro atoms. The van der Waals surface area contributed by atoms with Gasteiger partial charge >= 0.3 is 11.4 Å². The average molecular weight is 493 g/mol. The molecule has 0 aliphatic carbocycles. The number of pyridine rings is 1. The minimum Gasteiger partial charge on any atom is -0.457 e. The zero-order valence-electron chi connectivity index (χ0n) is 18.6. The van der Waals surface area contributed by atoms with E-state index < -0.39 is 23.8 Å². The van der Waals surface area contributed by atoms with Crippen molar-refractivity contribution in [3.8, 4) is 11.5 Å². The van der Waals surface area contributed by atoms with Crippen molar-refractivity contribution >= 4 is 29.1 Å². The molecule has 0 unspecified atom stereocenters. The Morgan fingerprint density at radius 1 is 1.03 bits per heavy atom. The van der Waals surface area contributed by atoms with E-state index in [1.807, 2.05) is 13.0 Å². The van der Waals surface area contributed by atoms with Crippen LogP contribution >= 0.6 is 11.6 Å². The highest BCUT2D eigenvalue weighted by Gasteiger charge is 2.15. The minimum atomic E-state index is -0.892. The maximum Gasteiger partial charge on any atom is 0.355 e. The first-order valence-electron chi connectivity index (χ1n) is 10.5. The van der Waals surface area contributed by atoms with E-state index in [2.05, 4.69) is 15.3 Å². The lowest BCUT2D eigenvalue weighted by Crippen LogP contribution is -2.45. The molecular formula is C24H21ClN6O4. The van der Waals surface area contributed by atoms with Crippen LogP contribution in [0.4, 0.5) is 11.6 Å². The quantitative estimate of drug-likeness (QED) is 0.386. The van der Waals surface area contributed by atoms with Crippen LogP contribution in [0.2, 0.25) is 5.02 Å². The third-order valence-electron chi connectivity index (χ3n) is 4.93. The number of carbonyl (C=O) groups excluding carboxylic acids is 1. The maximum absolute atomic E-state index is 13.1. The van der Waals surface area contributed by atoms with Crippen LogP contribution in [-0.2, 0) is 17.9 Å². The smallest absolute Gasteiger partial charge is 0.355 e. The number of nitrogens with one attached hydrogen (secondary N) is 1. The van der Waals surface area contributed by atoms with Gasteiger partial charge in [-0.2, -0.15) is 4.98 Å². The third-order valence-corrected chi connectivity index (χ3v) is 5.18. The van der Waals surface area contributed by atoms with Gasteiger partial charge in [0, 0.05) is 28.7 Å². The topological polar surface area (TPSA) is 134 Å². The molecule has 0 saturated carbocycles. The summed E-state index contributed by atoms with van der Waals surface area (Å²) in [6, 6.07) is 17.3. The SMILES string of the molecule is Cc1cc(Oc2ccc(Nc3nc(=O)n(CC(N)=O)c(=O)n3Cc3ccc(Cl)cc3)cc2)ccn1. The van der Waals surface area contributed by atoms with Crippen LogP contribution in [0.3, 0.4) is 0 Å². The molecule has 0 fully saturated rings. The number of nitrogens with two attached hydrogens (primary N) is 1. The summed E-state index contributed by atoms with van der Waals surface area (Å²) < 4.78 is 7.76. The highest BCUT2D eigenvalue weighted by Crippen LogP contribution is 2.24. The predicted molar refractivity (Wildman–Crippen MR) is 131 cm³/mol. The molecule has 10 nitrogen and oxygen atoms in total. The van der Waals surface area contributed by atoms with Gasteiger partial charge in [-0.15, -0.1) is 0 Å². The van der Waals surface area contributed by atoms with Crippen LogP contribution in [0.15, 0.2) is 76.4 Å². The molecule has 0 atom stereocenters. The summed E-state index contributed by atoms with van der Waals surface area (Å²) in [6.07, 6.45) is 1.66.